The van der Waals surface area contributed by atoms with Crippen molar-refractivity contribution in [3.63, 3.8) is 0 Å². The van der Waals surface area contributed by atoms with Crippen LogP contribution in [0.4, 0.5) is 13.2 Å². The van der Waals surface area contributed by atoms with Crippen molar-refractivity contribution in [1.29, 1.82) is 5.26 Å². The molecule has 0 aliphatic heterocycles. The third-order valence-corrected chi connectivity index (χ3v) is 4.74. The topological polar surface area (TPSA) is 54.5 Å². The Hall–Kier alpha value is -3.11. The Balaban J connectivity index is 1.93. The van der Waals surface area contributed by atoms with Crippen LogP contribution in [0.25, 0.3) is 11.6 Å². The van der Waals surface area contributed by atoms with Crippen molar-refractivity contribution >= 4 is 23.3 Å². The monoisotopic (exact) mass is 416 g/mol. The highest BCUT2D eigenvalue weighted by Gasteiger charge is 2.30. The molecule has 0 aliphatic rings. The Morgan fingerprint density at radius 1 is 1.17 bits per heavy atom. The van der Waals surface area contributed by atoms with Crippen molar-refractivity contribution in [3.05, 3.63) is 81.4 Å². The standard InChI is InChI=1S/C21H16ClF3N4/c1-13-3-5-15(6-4-13)12-29-20(22)18(14(2)28-29)9-16(10-26)19-8-7-17(11-27-19)21(23,24)25/h3-9,11H,12H2,1-2H3/b16-9+. The molecule has 2 aromatic heterocycles. The second-order valence-corrected chi connectivity index (χ2v) is 6.89. The summed E-state index contributed by atoms with van der Waals surface area (Å²) in [7, 11) is 0. The molecule has 0 aliphatic carbocycles. The fraction of sp³-hybridized carbons (Fsp3) is 0.190. The van der Waals surface area contributed by atoms with E-state index in [9.17, 15) is 18.4 Å². The van der Waals surface area contributed by atoms with Gasteiger partial charge in [-0.15, -0.1) is 0 Å². The first-order chi connectivity index (χ1) is 13.7. The molecule has 0 atom stereocenters. The predicted octanol–water partition coefficient (Wildman–Crippen LogP) is 5.68. The van der Waals surface area contributed by atoms with Crippen LogP contribution in [0.1, 0.15) is 33.6 Å². The van der Waals surface area contributed by atoms with Gasteiger partial charge in [0, 0.05) is 11.8 Å². The van der Waals surface area contributed by atoms with Crippen LogP contribution in [0, 0.1) is 25.2 Å². The Bertz CT molecular complexity index is 1090. The number of benzene rings is 1. The van der Waals surface area contributed by atoms with Crippen molar-refractivity contribution in [2.24, 2.45) is 0 Å². The SMILES string of the molecule is Cc1ccc(Cn2nc(C)c(/C=C(\C#N)c3ccc(C(F)(F)F)cn3)c2Cl)cc1. The van der Waals surface area contributed by atoms with Gasteiger partial charge in [-0.25, -0.2) is 4.68 Å². The fourth-order valence-corrected chi connectivity index (χ4v) is 3.02. The minimum absolute atomic E-state index is 0.0959. The van der Waals surface area contributed by atoms with Gasteiger partial charge in [-0.3, -0.25) is 4.98 Å². The number of hydrogen-bond donors (Lipinski definition) is 0. The molecule has 0 unspecified atom stereocenters. The van der Waals surface area contributed by atoms with Crippen LogP contribution >= 0.6 is 11.6 Å². The Morgan fingerprint density at radius 3 is 2.41 bits per heavy atom. The molecule has 1 aromatic carbocycles. The molecule has 0 radical (unpaired) electrons. The minimum atomic E-state index is -4.49. The van der Waals surface area contributed by atoms with Gasteiger partial charge in [-0.1, -0.05) is 41.4 Å². The number of hydrogen-bond acceptors (Lipinski definition) is 3. The summed E-state index contributed by atoms with van der Waals surface area (Å²) in [4.78, 5) is 3.77. The molecule has 0 saturated heterocycles. The van der Waals surface area contributed by atoms with Crippen LogP contribution < -0.4 is 0 Å². The van der Waals surface area contributed by atoms with E-state index in [-0.39, 0.29) is 11.3 Å². The zero-order valence-electron chi connectivity index (χ0n) is 15.6. The van der Waals surface area contributed by atoms with Gasteiger partial charge in [0.05, 0.1) is 29.1 Å². The molecule has 0 saturated carbocycles. The number of allylic oxidation sites excluding steroid dienone is 1. The van der Waals surface area contributed by atoms with Gasteiger partial charge < -0.3 is 0 Å². The van der Waals surface area contributed by atoms with E-state index in [2.05, 4.69) is 10.1 Å². The Morgan fingerprint density at radius 2 is 1.86 bits per heavy atom. The number of aromatic nitrogens is 3. The maximum atomic E-state index is 12.7. The van der Waals surface area contributed by atoms with Gasteiger partial charge in [0.15, 0.2) is 0 Å². The number of nitriles is 1. The number of alkyl halides is 3. The third-order valence-electron chi connectivity index (χ3n) is 4.34. The Labute approximate surface area is 170 Å². The van der Waals surface area contributed by atoms with E-state index in [1.54, 1.807) is 11.6 Å². The summed E-state index contributed by atoms with van der Waals surface area (Å²) < 4.78 is 39.7. The van der Waals surface area contributed by atoms with Crippen molar-refractivity contribution in [2.75, 3.05) is 0 Å². The summed E-state index contributed by atoms with van der Waals surface area (Å²) in [6, 6.07) is 12.0. The van der Waals surface area contributed by atoms with E-state index in [1.165, 1.54) is 6.08 Å². The molecule has 148 valence electrons. The van der Waals surface area contributed by atoms with Gasteiger partial charge in [0.1, 0.15) is 11.2 Å². The predicted molar refractivity (Wildman–Crippen MR) is 105 cm³/mol. The van der Waals surface area contributed by atoms with E-state index >= 15 is 0 Å². The molecule has 8 heteroatoms. The summed E-state index contributed by atoms with van der Waals surface area (Å²) in [6.45, 7) is 4.20. The molecule has 0 N–H and O–H groups in total. The van der Waals surface area contributed by atoms with Crippen molar-refractivity contribution < 1.29 is 13.2 Å². The maximum Gasteiger partial charge on any atom is 0.417 e. The largest absolute Gasteiger partial charge is 0.417 e. The number of pyridine rings is 1. The summed E-state index contributed by atoms with van der Waals surface area (Å²) in [6.07, 6.45) is -2.29. The summed E-state index contributed by atoms with van der Waals surface area (Å²) in [5.41, 5.74) is 2.63. The average Bonchev–Trinajstić information content (AvgIpc) is 2.94. The van der Waals surface area contributed by atoms with Crippen LogP contribution in [0.3, 0.4) is 0 Å². The highest BCUT2D eigenvalue weighted by atomic mass is 35.5. The second-order valence-electron chi connectivity index (χ2n) is 6.53. The molecule has 0 fully saturated rings. The molecule has 0 amide bonds. The first-order valence-electron chi connectivity index (χ1n) is 8.63. The fourth-order valence-electron chi connectivity index (χ4n) is 2.73. The lowest BCUT2D eigenvalue weighted by Gasteiger charge is -2.06. The van der Waals surface area contributed by atoms with Crippen molar-refractivity contribution in [1.82, 2.24) is 14.8 Å². The van der Waals surface area contributed by atoms with Crippen LogP contribution in [-0.2, 0) is 12.7 Å². The number of aryl methyl sites for hydroxylation is 2. The van der Waals surface area contributed by atoms with E-state index in [4.69, 9.17) is 11.6 Å². The zero-order chi connectivity index (χ0) is 21.2. The first kappa shape index (κ1) is 20.6. The van der Waals surface area contributed by atoms with Crippen molar-refractivity contribution in [3.8, 4) is 6.07 Å². The first-order valence-corrected chi connectivity index (χ1v) is 9.00. The third kappa shape index (κ3) is 4.66. The lowest BCUT2D eigenvalue weighted by atomic mass is 10.1. The van der Waals surface area contributed by atoms with Gasteiger partial charge >= 0.3 is 6.18 Å². The molecule has 0 spiro atoms. The number of rotatable bonds is 4. The molecule has 0 bridgehead atoms. The summed E-state index contributed by atoms with van der Waals surface area (Å²) in [5, 5.41) is 14.2. The van der Waals surface area contributed by atoms with Crippen LogP contribution in [0.5, 0.6) is 0 Å². The van der Waals surface area contributed by atoms with E-state index < -0.39 is 11.7 Å². The molecule has 3 rings (SSSR count). The second kappa shape index (κ2) is 8.10. The summed E-state index contributed by atoms with van der Waals surface area (Å²) in [5.74, 6) is 0. The molecular weight excluding hydrogens is 401 g/mol. The van der Waals surface area contributed by atoms with Crippen molar-refractivity contribution in [2.45, 2.75) is 26.6 Å². The van der Waals surface area contributed by atoms with Gasteiger partial charge in [0.25, 0.3) is 0 Å². The molecular formula is C21H16ClF3N4. The van der Waals surface area contributed by atoms with Gasteiger partial charge in [-0.05, 0) is 37.6 Å². The molecule has 29 heavy (non-hydrogen) atoms. The molecule has 3 aromatic rings. The number of halogens is 4. The smallest absolute Gasteiger partial charge is 0.255 e. The lowest BCUT2D eigenvalue weighted by molar-refractivity contribution is -0.137. The number of nitrogens with zero attached hydrogens (tertiary/aromatic N) is 4. The van der Waals surface area contributed by atoms with E-state index in [1.807, 2.05) is 37.3 Å². The maximum absolute atomic E-state index is 12.7. The van der Waals surface area contributed by atoms with Crippen LogP contribution in [0.2, 0.25) is 5.15 Å². The molecule has 2 heterocycles. The quantitative estimate of drug-likeness (QED) is 0.514. The van der Waals surface area contributed by atoms with Crippen LogP contribution in [0.15, 0.2) is 42.6 Å². The highest BCUT2D eigenvalue weighted by Crippen LogP contribution is 2.30. The zero-order valence-corrected chi connectivity index (χ0v) is 16.4. The molecule has 4 nitrogen and oxygen atoms in total. The minimum Gasteiger partial charge on any atom is -0.255 e. The highest BCUT2D eigenvalue weighted by molar-refractivity contribution is 6.31. The summed E-state index contributed by atoms with van der Waals surface area (Å²) >= 11 is 6.46. The van der Waals surface area contributed by atoms with E-state index in [0.717, 1.165) is 23.3 Å². The van der Waals surface area contributed by atoms with E-state index in [0.29, 0.717) is 29.2 Å². The van der Waals surface area contributed by atoms with Gasteiger partial charge in [-0.2, -0.15) is 23.5 Å². The Kier molecular flexibility index (Phi) is 5.76. The van der Waals surface area contributed by atoms with Gasteiger partial charge in [0.2, 0.25) is 0 Å². The lowest BCUT2D eigenvalue weighted by Crippen LogP contribution is -2.05. The normalized spacial score (nSPS) is 12.1. The van der Waals surface area contributed by atoms with Crippen LogP contribution in [-0.4, -0.2) is 14.8 Å². The average molecular weight is 417 g/mol.